The standard InChI is InChI=1S/C26H26FN3O/c1-2-22(26(31)30-21-10-3-17(16-28)4-11-21)18-5-7-19(8-6-18)23-13-14-29-25-15-20(27)9-12-24(23)25/h3-4,9-15,18-19,22H,2,5-8H2,1H3,(H,30,31). The maximum Gasteiger partial charge on any atom is 0.227 e. The number of nitriles is 1. The van der Waals surface area contributed by atoms with Crippen LogP contribution < -0.4 is 5.32 Å². The zero-order valence-electron chi connectivity index (χ0n) is 17.6. The number of aromatic nitrogens is 1. The Morgan fingerprint density at radius 1 is 1.16 bits per heavy atom. The molecule has 0 radical (unpaired) electrons. The molecule has 1 aromatic heterocycles. The number of nitrogens with one attached hydrogen (secondary N) is 1. The fourth-order valence-electron chi connectivity index (χ4n) is 4.93. The van der Waals surface area contributed by atoms with Crippen molar-refractivity contribution in [3.05, 3.63) is 71.7 Å². The molecule has 1 heterocycles. The topological polar surface area (TPSA) is 65.8 Å². The quantitative estimate of drug-likeness (QED) is 0.541. The van der Waals surface area contributed by atoms with E-state index in [2.05, 4.69) is 29.4 Å². The molecular weight excluding hydrogens is 389 g/mol. The third kappa shape index (κ3) is 4.59. The number of pyridine rings is 1. The molecule has 2 aromatic carbocycles. The molecule has 1 N–H and O–H groups in total. The number of anilines is 1. The fourth-order valence-corrected chi connectivity index (χ4v) is 4.93. The second kappa shape index (κ2) is 9.26. The van der Waals surface area contributed by atoms with Gasteiger partial charge in [0.25, 0.3) is 0 Å². The summed E-state index contributed by atoms with van der Waals surface area (Å²) in [6.07, 6.45) is 6.59. The van der Waals surface area contributed by atoms with Crippen LogP contribution in [0.25, 0.3) is 10.9 Å². The molecule has 0 spiro atoms. The molecule has 1 aliphatic rings. The van der Waals surface area contributed by atoms with Crippen molar-refractivity contribution in [2.24, 2.45) is 11.8 Å². The number of halogens is 1. The van der Waals surface area contributed by atoms with E-state index in [-0.39, 0.29) is 17.6 Å². The second-order valence-corrected chi connectivity index (χ2v) is 8.37. The number of hydrogen-bond donors (Lipinski definition) is 1. The van der Waals surface area contributed by atoms with Crippen LogP contribution in [0.3, 0.4) is 0 Å². The first-order valence-corrected chi connectivity index (χ1v) is 10.9. The number of rotatable bonds is 5. The van der Waals surface area contributed by atoms with E-state index in [1.54, 1.807) is 30.5 Å². The molecule has 5 heteroatoms. The van der Waals surface area contributed by atoms with E-state index >= 15 is 0 Å². The molecule has 1 fully saturated rings. The molecule has 3 aromatic rings. The normalized spacial score (nSPS) is 19.5. The number of hydrogen-bond acceptors (Lipinski definition) is 3. The van der Waals surface area contributed by atoms with Crippen LogP contribution in [-0.4, -0.2) is 10.9 Å². The number of fused-ring (bicyclic) bond motifs is 1. The van der Waals surface area contributed by atoms with Gasteiger partial charge in [-0.3, -0.25) is 9.78 Å². The average Bonchev–Trinajstić information content (AvgIpc) is 2.80. The summed E-state index contributed by atoms with van der Waals surface area (Å²) >= 11 is 0. The van der Waals surface area contributed by atoms with Gasteiger partial charge < -0.3 is 5.32 Å². The van der Waals surface area contributed by atoms with Crippen LogP contribution in [0.5, 0.6) is 0 Å². The lowest BCUT2D eigenvalue weighted by Crippen LogP contribution is -2.31. The summed E-state index contributed by atoms with van der Waals surface area (Å²) in [4.78, 5) is 17.3. The first kappa shape index (κ1) is 21.0. The van der Waals surface area contributed by atoms with Gasteiger partial charge >= 0.3 is 0 Å². The Bertz CT molecular complexity index is 1110. The highest BCUT2D eigenvalue weighted by Crippen LogP contribution is 2.41. The molecule has 4 nitrogen and oxygen atoms in total. The van der Waals surface area contributed by atoms with Crippen molar-refractivity contribution < 1.29 is 9.18 Å². The van der Waals surface area contributed by atoms with Crippen LogP contribution in [-0.2, 0) is 4.79 Å². The minimum atomic E-state index is -0.264. The summed E-state index contributed by atoms with van der Waals surface area (Å²) in [7, 11) is 0. The molecule has 0 bridgehead atoms. The van der Waals surface area contributed by atoms with Gasteiger partial charge in [-0.15, -0.1) is 0 Å². The minimum Gasteiger partial charge on any atom is -0.326 e. The van der Waals surface area contributed by atoms with Gasteiger partial charge in [-0.1, -0.05) is 6.92 Å². The van der Waals surface area contributed by atoms with Crippen molar-refractivity contribution in [1.29, 1.82) is 5.26 Å². The molecule has 4 rings (SSSR count). The number of nitrogens with zero attached hydrogens (tertiary/aromatic N) is 2. The van der Waals surface area contributed by atoms with Crippen LogP contribution >= 0.6 is 0 Å². The largest absolute Gasteiger partial charge is 0.326 e. The molecule has 1 atom stereocenters. The maximum absolute atomic E-state index is 13.6. The summed E-state index contributed by atoms with van der Waals surface area (Å²) in [5, 5.41) is 13.0. The molecule has 31 heavy (non-hydrogen) atoms. The molecule has 0 saturated heterocycles. The Kier molecular flexibility index (Phi) is 6.27. The van der Waals surface area contributed by atoms with Gasteiger partial charge in [-0.2, -0.15) is 5.26 Å². The smallest absolute Gasteiger partial charge is 0.227 e. The Balaban J connectivity index is 1.42. The molecular formula is C26H26FN3O. The van der Waals surface area contributed by atoms with Crippen molar-refractivity contribution in [3.8, 4) is 6.07 Å². The van der Waals surface area contributed by atoms with E-state index in [0.29, 0.717) is 22.9 Å². The van der Waals surface area contributed by atoms with Crippen LogP contribution in [0.15, 0.2) is 54.7 Å². The summed E-state index contributed by atoms with van der Waals surface area (Å²) in [5.74, 6) is 0.525. The monoisotopic (exact) mass is 415 g/mol. The van der Waals surface area contributed by atoms with Crippen LogP contribution in [0.1, 0.15) is 56.1 Å². The van der Waals surface area contributed by atoms with Gasteiger partial charge in [-0.25, -0.2) is 4.39 Å². The number of amides is 1. The van der Waals surface area contributed by atoms with Crippen LogP contribution in [0.4, 0.5) is 10.1 Å². The van der Waals surface area contributed by atoms with Gasteiger partial charge in [0, 0.05) is 29.3 Å². The summed E-state index contributed by atoms with van der Waals surface area (Å²) in [6, 6.07) is 15.9. The van der Waals surface area contributed by atoms with E-state index in [1.165, 1.54) is 17.7 Å². The van der Waals surface area contributed by atoms with E-state index < -0.39 is 0 Å². The first-order chi connectivity index (χ1) is 15.1. The Morgan fingerprint density at radius 2 is 1.90 bits per heavy atom. The van der Waals surface area contributed by atoms with Crippen molar-refractivity contribution in [2.75, 3.05) is 5.32 Å². The molecule has 0 aliphatic heterocycles. The Labute approximate surface area is 182 Å². The van der Waals surface area contributed by atoms with Gasteiger partial charge in [0.05, 0.1) is 17.1 Å². The second-order valence-electron chi connectivity index (χ2n) is 8.37. The van der Waals surface area contributed by atoms with E-state index in [4.69, 9.17) is 5.26 Å². The Morgan fingerprint density at radius 3 is 2.58 bits per heavy atom. The van der Waals surface area contributed by atoms with E-state index in [0.717, 1.165) is 43.2 Å². The molecule has 1 amide bonds. The maximum atomic E-state index is 13.6. The van der Waals surface area contributed by atoms with Crippen molar-refractivity contribution in [3.63, 3.8) is 0 Å². The molecule has 1 aliphatic carbocycles. The summed E-state index contributed by atoms with van der Waals surface area (Å²) in [5.41, 5.74) is 3.24. The predicted molar refractivity (Wildman–Crippen MR) is 120 cm³/mol. The van der Waals surface area contributed by atoms with Crippen molar-refractivity contribution >= 4 is 22.5 Å². The Hall–Kier alpha value is -3.26. The van der Waals surface area contributed by atoms with Crippen LogP contribution in [0.2, 0.25) is 0 Å². The number of benzene rings is 2. The summed E-state index contributed by atoms with van der Waals surface area (Å²) < 4.78 is 13.6. The van der Waals surface area contributed by atoms with Gasteiger partial charge in [0.15, 0.2) is 0 Å². The number of carbonyl (C=O) groups excluding carboxylic acids is 1. The van der Waals surface area contributed by atoms with E-state index in [9.17, 15) is 9.18 Å². The van der Waals surface area contributed by atoms with Gasteiger partial charge in [0.1, 0.15) is 5.82 Å². The highest BCUT2D eigenvalue weighted by Gasteiger charge is 2.32. The first-order valence-electron chi connectivity index (χ1n) is 10.9. The average molecular weight is 416 g/mol. The fraction of sp³-hybridized carbons (Fsp3) is 0.346. The van der Waals surface area contributed by atoms with Gasteiger partial charge in [-0.05, 0) is 92.0 Å². The number of carbonyl (C=O) groups is 1. The summed E-state index contributed by atoms with van der Waals surface area (Å²) in [6.45, 7) is 2.07. The van der Waals surface area contributed by atoms with Crippen molar-refractivity contribution in [1.82, 2.24) is 4.98 Å². The predicted octanol–water partition coefficient (Wildman–Crippen LogP) is 6.18. The minimum absolute atomic E-state index is 0.0279. The molecule has 158 valence electrons. The third-order valence-electron chi connectivity index (χ3n) is 6.58. The highest BCUT2D eigenvalue weighted by molar-refractivity contribution is 5.92. The SMILES string of the molecule is CCC(C(=O)Nc1ccc(C#N)cc1)C1CCC(c2ccnc3cc(F)ccc23)CC1. The molecule has 1 saturated carbocycles. The zero-order valence-corrected chi connectivity index (χ0v) is 17.6. The molecule has 1 unspecified atom stereocenters. The lowest BCUT2D eigenvalue weighted by molar-refractivity contribution is -0.122. The van der Waals surface area contributed by atoms with Gasteiger partial charge in [0.2, 0.25) is 5.91 Å². The lowest BCUT2D eigenvalue weighted by Gasteiger charge is -2.33. The zero-order chi connectivity index (χ0) is 21.8. The van der Waals surface area contributed by atoms with Crippen molar-refractivity contribution in [2.45, 2.75) is 44.9 Å². The van der Waals surface area contributed by atoms with E-state index in [1.807, 2.05) is 6.07 Å². The third-order valence-corrected chi connectivity index (χ3v) is 6.58. The van der Waals surface area contributed by atoms with Crippen LogP contribution in [0, 0.1) is 29.0 Å². The lowest BCUT2D eigenvalue weighted by atomic mass is 9.72. The highest BCUT2D eigenvalue weighted by atomic mass is 19.1.